The fraction of sp³-hybridized carbons (Fsp3) is 0.400. The molecule has 12 aliphatic carbocycles. The first kappa shape index (κ1) is 72.3. The lowest BCUT2D eigenvalue weighted by molar-refractivity contribution is -0.200. The van der Waals surface area contributed by atoms with E-state index in [-0.39, 0.29) is 80.9 Å². The summed E-state index contributed by atoms with van der Waals surface area (Å²) in [6.45, 7) is 10.4. The molecule has 0 N–H and O–H groups in total. The maximum atomic E-state index is 13.6. The number of rotatable bonds is 22. The third-order valence-corrected chi connectivity index (χ3v) is 31.7. The first-order chi connectivity index (χ1) is 51.3. The highest BCUT2D eigenvalue weighted by Crippen LogP contribution is 2.70. The number of ether oxygens (including phenoxy) is 5. The van der Waals surface area contributed by atoms with Crippen molar-refractivity contribution < 1.29 is 38.1 Å². The standard InChI is InChI=1S/C32H35O3S.C32H35O2S.C31H33O3S/c1-31-17-24-16-25(18-31)20-32(19-24,22-31)23-35-30(33)21-34-26-12-14-29(15-13-26)36(27-8-4-2-5-9-27)28-10-6-3-7-11-28;1-30-17-24-18-31(2,21-30)23-32(19-24,22-30)29(33)20-34-25-13-15-28(16-14-25)35(26-9-5-3-6-10-26)27-11-7-4-8-12-27;1-30-17-23-16-24(18-30)20-31(19-23,22-30)34-29(32)21-33-25-12-14-28(15-13-25)35(26-8-4-2-5-9-26)27-10-6-3-7-11-27/h2-15,24-25H,16-23H2,1H3;3-16,24H,17-23H2,1-2H3;2-15,23-24H,16-22H2,1H3/q3*+1. The quantitative estimate of drug-likeness (QED) is 0.0489. The van der Waals surface area contributed by atoms with Crippen LogP contribution in [0.2, 0.25) is 0 Å². The van der Waals surface area contributed by atoms with Gasteiger partial charge in [-0.2, -0.15) is 0 Å². The minimum atomic E-state index is -0.256. The van der Waals surface area contributed by atoms with Crippen LogP contribution in [0.4, 0.5) is 0 Å². The molecule has 0 radical (unpaired) electrons. The van der Waals surface area contributed by atoms with Crippen LogP contribution in [-0.4, -0.2) is 49.8 Å². The summed E-state index contributed by atoms with van der Waals surface area (Å²) in [7, 11) is -0.565. The van der Waals surface area contributed by atoms with Crippen molar-refractivity contribution in [2.24, 2.45) is 62.1 Å². The van der Waals surface area contributed by atoms with E-state index in [9.17, 15) is 14.4 Å². The lowest BCUT2D eigenvalue weighted by Gasteiger charge is -2.64. The lowest BCUT2D eigenvalue weighted by Crippen LogP contribution is -2.58. The molecule has 9 aromatic carbocycles. The van der Waals surface area contributed by atoms with Gasteiger partial charge in [-0.05, 0) is 312 Å². The lowest BCUT2D eigenvalue weighted by atomic mass is 9.39. The van der Waals surface area contributed by atoms with Crippen LogP contribution in [0.15, 0.2) is 299 Å². The third kappa shape index (κ3) is 16.3. The van der Waals surface area contributed by atoms with Crippen molar-refractivity contribution in [1.82, 2.24) is 0 Å². The zero-order valence-electron chi connectivity index (χ0n) is 62.2. The summed E-state index contributed by atoms with van der Waals surface area (Å²) < 4.78 is 29.8. The molecule has 6 unspecified atom stereocenters. The van der Waals surface area contributed by atoms with Gasteiger partial charge in [-0.25, -0.2) is 9.59 Å². The average Bonchev–Trinajstić information content (AvgIpc) is 0.711. The fourth-order valence-corrected chi connectivity index (χ4v) is 29.6. The van der Waals surface area contributed by atoms with Gasteiger partial charge in [-0.15, -0.1) is 0 Å². The fourth-order valence-electron chi connectivity index (χ4n) is 23.3. The number of esters is 2. The van der Waals surface area contributed by atoms with Gasteiger partial charge < -0.3 is 23.7 Å². The first-order valence-corrected chi connectivity index (χ1v) is 42.6. The van der Waals surface area contributed by atoms with Gasteiger partial charge in [-0.1, -0.05) is 137 Å². The van der Waals surface area contributed by atoms with E-state index < -0.39 is 0 Å². The van der Waals surface area contributed by atoms with Crippen molar-refractivity contribution in [3.8, 4) is 17.2 Å². The largest absolute Gasteiger partial charge is 0.486 e. The highest BCUT2D eigenvalue weighted by atomic mass is 32.2. The molecular weight excluding hydrogens is 1370 g/mol. The van der Waals surface area contributed by atoms with Crippen LogP contribution in [0, 0.1) is 62.1 Å². The Morgan fingerprint density at radius 2 is 0.623 bits per heavy atom. The van der Waals surface area contributed by atoms with Gasteiger partial charge in [0.15, 0.2) is 63.1 Å². The minimum absolute atomic E-state index is 0.0315. The number of carbonyl (C=O) groups excluding carboxylic acids is 3. The predicted molar refractivity (Wildman–Crippen MR) is 424 cm³/mol. The highest BCUT2D eigenvalue weighted by Gasteiger charge is 2.63. The second kappa shape index (κ2) is 30.2. The van der Waals surface area contributed by atoms with E-state index in [0.717, 1.165) is 73.9 Å². The zero-order chi connectivity index (χ0) is 72.6. The summed E-state index contributed by atoms with van der Waals surface area (Å²) in [5, 5.41) is 0. The Bertz CT molecular complexity index is 4320. The molecule has 21 rings (SSSR count). The average molecular weight is 1470 g/mol. The maximum Gasteiger partial charge on any atom is 0.344 e. The van der Waals surface area contributed by atoms with Gasteiger partial charge >= 0.3 is 11.9 Å². The Kier molecular flexibility index (Phi) is 20.6. The van der Waals surface area contributed by atoms with E-state index in [4.69, 9.17) is 23.7 Å². The van der Waals surface area contributed by atoms with Gasteiger partial charge in [0, 0.05) is 10.8 Å². The Morgan fingerprint density at radius 3 is 0.962 bits per heavy atom. The molecule has 0 heterocycles. The first-order valence-electron chi connectivity index (χ1n) is 39.0. The Hall–Kier alpha value is -7.96. The topological polar surface area (TPSA) is 97.4 Å². The molecule has 0 saturated heterocycles. The van der Waals surface area contributed by atoms with Crippen molar-refractivity contribution in [3.63, 3.8) is 0 Å². The minimum Gasteiger partial charge on any atom is -0.486 e. The number of Topliss-reactive ketones (excluding diaryl/α,β-unsaturated/α-hetero) is 1. The number of hydrogen-bond acceptors (Lipinski definition) is 8. The number of benzene rings is 9. The van der Waals surface area contributed by atoms with E-state index in [1.54, 1.807) is 0 Å². The van der Waals surface area contributed by atoms with Crippen LogP contribution in [0.3, 0.4) is 0 Å². The molecule has 12 aliphatic rings. The molecule has 12 bridgehead atoms. The van der Waals surface area contributed by atoms with Crippen molar-refractivity contribution in [2.75, 3.05) is 26.4 Å². The predicted octanol–water partition coefficient (Wildman–Crippen LogP) is 22.1. The van der Waals surface area contributed by atoms with E-state index in [1.165, 1.54) is 121 Å². The van der Waals surface area contributed by atoms with Crippen LogP contribution in [-0.2, 0) is 56.5 Å². The SMILES string of the molecule is CC12CC3CC(C)(C1)CC(C(=O)COc1ccc([S+](c4ccccc4)c4ccccc4)cc1)(C3)C2.CC12CC3CC(C1)CC(COC(=O)COc1ccc([S+](c4ccccc4)c4ccccc4)cc1)(C3)C2.CC12CC3CC(C1)CC(OC(=O)COc1ccc([S+](c4ccccc4)c4ccccc4)cc1)(C3)C2. The summed E-state index contributed by atoms with van der Waals surface area (Å²) in [5.74, 6) is 5.87. The van der Waals surface area contributed by atoms with Crippen molar-refractivity contribution in [2.45, 2.75) is 193 Å². The molecule has 12 fully saturated rings. The number of ketones is 1. The van der Waals surface area contributed by atoms with E-state index in [2.05, 4.69) is 246 Å². The van der Waals surface area contributed by atoms with Crippen molar-refractivity contribution >= 4 is 50.4 Å². The van der Waals surface area contributed by atoms with Gasteiger partial charge in [-0.3, -0.25) is 4.79 Å². The summed E-state index contributed by atoms with van der Waals surface area (Å²) in [6.07, 6.45) is 22.0. The van der Waals surface area contributed by atoms with Crippen LogP contribution < -0.4 is 14.2 Å². The molecule has 0 spiro atoms. The molecule has 0 aromatic heterocycles. The van der Waals surface area contributed by atoms with Gasteiger partial charge in [0.1, 0.15) is 29.5 Å². The molecule has 6 atom stereocenters. The molecule has 546 valence electrons. The summed E-state index contributed by atoms with van der Waals surface area (Å²) in [5.41, 5.74) is 1.31. The molecule has 106 heavy (non-hydrogen) atoms. The molecule has 8 nitrogen and oxygen atoms in total. The number of hydrogen-bond donors (Lipinski definition) is 0. The van der Waals surface area contributed by atoms with Crippen LogP contribution in [0.25, 0.3) is 0 Å². The Morgan fingerprint density at radius 1 is 0.311 bits per heavy atom. The second-order valence-electron chi connectivity index (χ2n) is 34.8. The second-order valence-corrected chi connectivity index (χ2v) is 40.9. The van der Waals surface area contributed by atoms with Crippen LogP contribution >= 0.6 is 0 Å². The normalized spacial score (nSPS) is 29.3. The molecule has 0 amide bonds. The summed E-state index contributed by atoms with van der Waals surface area (Å²) >= 11 is 0. The molecule has 0 aliphatic heterocycles. The molecule has 11 heteroatoms. The summed E-state index contributed by atoms with van der Waals surface area (Å²) in [4.78, 5) is 50.4. The maximum absolute atomic E-state index is 13.6. The molecular formula is C95H103O8S3+3. The van der Waals surface area contributed by atoms with Crippen molar-refractivity contribution in [1.29, 1.82) is 0 Å². The van der Waals surface area contributed by atoms with Crippen LogP contribution in [0.5, 0.6) is 17.2 Å². The highest BCUT2D eigenvalue weighted by molar-refractivity contribution is 7.97. The van der Waals surface area contributed by atoms with Gasteiger partial charge in [0.25, 0.3) is 0 Å². The van der Waals surface area contributed by atoms with E-state index in [1.807, 2.05) is 36.4 Å². The monoisotopic (exact) mass is 1470 g/mol. The van der Waals surface area contributed by atoms with E-state index in [0.29, 0.717) is 45.5 Å². The van der Waals surface area contributed by atoms with Gasteiger partial charge in [0.05, 0.1) is 39.3 Å². The number of carbonyl (C=O) groups is 3. The van der Waals surface area contributed by atoms with Crippen LogP contribution in [0.1, 0.15) is 143 Å². The Labute approximate surface area is 637 Å². The van der Waals surface area contributed by atoms with Gasteiger partial charge in [0.2, 0.25) is 0 Å². The third-order valence-electron chi connectivity index (χ3n) is 25.0. The van der Waals surface area contributed by atoms with E-state index >= 15 is 0 Å². The Balaban J connectivity index is 0.000000122. The van der Waals surface area contributed by atoms with Crippen molar-refractivity contribution in [3.05, 3.63) is 255 Å². The summed E-state index contributed by atoms with van der Waals surface area (Å²) in [6, 6.07) is 88.4. The molecule has 9 aromatic rings. The molecule has 12 saturated carbocycles. The zero-order valence-corrected chi connectivity index (χ0v) is 64.6. The smallest absolute Gasteiger partial charge is 0.344 e.